The Morgan fingerprint density at radius 3 is 2.75 bits per heavy atom. The summed E-state index contributed by atoms with van der Waals surface area (Å²) in [6, 6.07) is 3.80. The lowest BCUT2D eigenvalue weighted by Crippen LogP contribution is -2.23. The summed E-state index contributed by atoms with van der Waals surface area (Å²) in [5.74, 6) is 0.893. The fraction of sp³-hybridized carbons (Fsp3) is 0.583. The van der Waals surface area contributed by atoms with Crippen LogP contribution in [0.15, 0.2) is 18.3 Å². The molecule has 1 atom stereocenters. The Kier molecular flexibility index (Phi) is 5.22. The second-order valence-corrected chi connectivity index (χ2v) is 3.74. The molecule has 0 fully saturated rings. The number of hydrogen-bond acceptors (Lipinski definition) is 4. The topological polar surface area (TPSA) is 45.6 Å². The Balaban J connectivity index is 2.52. The van der Waals surface area contributed by atoms with Gasteiger partial charge in [0.15, 0.2) is 0 Å². The van der Waals surface area contributed by atoms with Gasteiger partial charge in [-0.2, -0.15) is 0 Å². The highest BCUT2D eigenvalue weighted by Crippen LogP contribution is 2.14. The first kappa shape index (κ1) is 12.9. The first-order valence-electron chi connectivity index (χ1n) is 5.58. The molecule has 0 aliphatic carbocycles. The minimum atomic E-state index is -0.463. The molecule has 90 valence electrons. The van der Waals surface area contributed by atoms with E-state index >= 15 is 0 Å². The largest absolute Gasteiger partial charge is 0.389 e. The summed E-state index contributed by atoms with van der Waals surface area (Å²) in [7, 11) is 1.98. The van der Waals surface area contributed by atoms with Gasteiger partial charge in [-0.15, -0.1) is 0 Å². The Morgan fingerprint density at radius 2 is 2.25 bits per heavy atom. The van der Waals surface area contributed by atoms with Crippen LogP contribution in [-0.2, 0) is 4.74 Å². The van der Waals surface area contributed by atoms with Crippen LogP contribution in [0, 0.1) is 0 Å². The van der Waals surface area contributed by atoms with Gasteiger partial charge in [0, 0.05) is 26.4 Å². The Labute approximate surface area is 96.9 Å². The van der Waals surface area contributed by atoms with Crippen molar-refractivity contribution < 1.29 is 9.84 Å². The number of hydrogen-bond donors (Lipinski definition) is 1. The highest BCUT2D eigenvalue weighted by atomic mass is 16.5. The molecule has 1 rings (SSSR count). The molecule has 0 aromatic carbocycles. The number of likely N-dealkylation sites (N-methyl/N-ethyl adjacent to an activating group) is 1. The Hall–Kier alpha value is -1.13. The molecule has 0 saturated carbocycles. The van der Waals surface area contributed by atoms with E-state index in [1.807, 2.05) is 31.0 Å². The zero-order valence-electron chi connectivity index (χ0n) is 10.2. The van der Waals surface area contributed by atoms with E-state index in [4.69, 9.17) is 4.74 Å². The zero-order chi connectivity index (χ0) is 12.0. The van der Waals surface area contributed by atoms with Gasteiger partial charge >= 0.3 is 0 Å². The molecule has 0 radical (unpaired) electrons. The van der Waals surface area contributed by atoms with E-state index in [0.717, 1.165) is 24.5 Å². The summed E-state index contributed by atoms with van der Waals surface area (Å²) in [5.41, 5.74) is 0.835. The average Bonchev–Trinajstić information content (AvgIpc) is 2.29. The molecule has 1 heterocycles. The number of rotatable bonds is 6. The van der Waals surface area contributed by atoms with Crippen LogP contribution in [0.25, 0.3) is 0 Å². The van der Waals surface area contributed by atoms with Crippen molar-refractivity contribution in [2.24, 2.45) is 0 Å². The summed E-state index contributed by atoms with van der Waals surface area (Å²) >= 11 is 0. The number of nitrogens with zero attached hydrogens (tertiary/aromatic N) is 2. The third-order valence-corrected chi connectivity index (χ3v) is 2.42. The maximum Gasteiger partial charge on any atom is 0.128 e. The van der Waals surface area contributed by atoms with Crippen LogP contribution in [0.3, 0.4) is 0 Å². The molecule has 0 saturated heterocycles. The lowest BCUT2D eigenvalue weighted by atomic mass is 10.2. The van der Waals surface area contributed by atoms with E-state index in [0.29, 0.717) is 6.61 Å². The van der Waals surface area contributed by atoms with Crippen molar-refractivity contribution in [3.63, 3.8) is 0 Å². The number of ether oxygens (including phenoxy) is 1. The molecule has 0 amide bonds. The zero-order valence-corrected chi connectivity index (χ0v) is 10.2. The van der Waals surface area contributed by atoms with Crippen molar-refractivity contribution in [2.45, 2.75) is 20.0 Å². The van der Waals surface area contributed by atoms with E-state index in [2.05, 4.69) is 4.98 Å². The van der Waals surface area contributed by atoms with Gasteiger partial charge in [0.2, 0.25) is 0 Å². The monoisotopic (exact) mass is 224 g/mol. The van der Waals surface area contributed by atoms with Crippen LogP contribution in [0.1, 0.15) is 25.5 Å². The lowest BCUT2D eigenvalue weighted by molar-refractivity contribution is 0.154. The van der Waals surface area contributed by atoms with Crippen LogP contribution in [-0.4, -0.2) is 36.9 Å². The van der Waals surface area contributed by atoms with Crippen molar-refractivity contribution in [1.29, 1.82) is 0 Å². The second-order valence-electron chi connectivity index (χ2n) is 3.74. The number of aromatic nitrogens is 1. The highest BCUT2D eigenvalue weighted by Gasteiger charge is 2.04. The van der Waals surface area contributed by atoms with E-state index in [1.54, 1.807) is 13.1 Å². The third-order valence-electron chi connectivity index (χ3n) is 2.42. The molecular formula is C12H20N2O2. The van der Waals surface area contributed by atoms with E-state index in [1.165, 1.54) is 0 Å². The minimum Gasteiger partial charge on any atom is -0.389 e. The fourth-order valence-corrected chi connectivity index (χ4v) is 1.33. The van der Waals surface area contributed by atoms with Crippen molar-refractivity contribution in [3.8, 4) is 0 Å². The first-order valence-corrected chi connectivity index (χ1v) is 5.58. The third kappa shape index (κ3) is 3.79. The number of aliphatic hydroxyl groups excluding tert-OH is 1. The minimum absolute atomic E-state index is 0.463. The van der Waals surface area contributed by atoms with Gasteiger partial charge < -0.3 is 14.7 Å². The predicted molar refractivity (Wildman–Crippen MR) is 64.6 cm³/mol. The van der Waals surface area contributed by atoms with Gasteiger partial charge in [-0.05, 0) is 25.5 Å². The molecular weight excluding hydrogens is 204 g/mol. The highest BCUT2D eigenvalue weighted by molar-refractivity contribution is 5.38. The standard InChI is InChI=1S/C12H20N2O2/c1-4-16-8-7-14(3)12-6-5-11(9-13-12)10(2)15/h5-6,9-10,15H,4,7-8H2,1-3H3/t10-/m1/s1. The molecule has 0 unspecified atom stereocenters. The number of anilines is 1. The molecule has 0 aliphatic heterocycles. The number of pyridine rings is 1. The molecule has 4 nitrogen and oxygen atoms in total. The molecule has 0 aliphatic rings. The van der Waals surface area contributed by atoms with E-state index < -0.39 is 6.10 Å². The first-order chi connectivity index (χ1) is 7.65. The van der Waals surface area contributed by atoms with Crippen LogP contribution in [0.5, 0.6) is 0 Å². The second kappa shape index (κ2) is 6.45. The normalized spacial score (nSPS) is 12.5. The Bertz CT molecular complexity index is 298. The molecule has 0 bridgehead atoms. The van der Waals surface area contributed by atoms with Gasteiger partial charge in [0.05, 0.1) is 12.7 Å². The predicted octanol–water partition coefficient (Wildman–Crippen LogP) is 1.61. The Morgan fingerprint density at radius 1 is 1.50 bits per heavy atom. The van der Waals surface area contributed by atoms with Gasteiger partial charge in [0.1, 0.15) is 5.82 Å². The number of aliphatic hydroxyl groups is 1. The molecule has 16 heavy (non-hydrogen) atoms. The van der Waals surface area contributed by atoms with E-state index in [-0.39, 0.29) is 0 Å². The van der Waals surface area contributed by atoms with Gasteiger partial charge in [0.25, 0.3) is 0 Å². The van der Waals surface area contributed by atoms with Crippen LogP contribution >= 0.6 is 0 Å². The molecule has 1 N–H and O–H groups in total. The van der Waals surface area contributed by atoms with Gasteiger partial charge in [-0.3, -0.25) is 0 Å². The van der Waals surface area contributed by atoms with Crippen molar-refractivity contribution in [2.75, 3.05) is 31.7 Å². The quantitative estimate of drug-likeness (QED) is 0.746. The van der Waals surface area contributed by atoms with Gasteiger partial charge in [-0.25, -0.2) is 4.98 Å². The maximum absolute atomic E-state index is 9.35. The van der Waals surface area contributed by atoms with Crippen molar-refractivity contribution >= 4 is 5.82 Å². The van der Waals surface area contributed by atoms with Crippen LogP contribution in [0.4, 0.5) is 5.82 Å². The summed E-state index contributed by atoms with van der Waals surface area (Å²) in [5, 5.41) is 9.35. The maximum atomic E-state index is 9.35. The molecule has 1 aromatic rings. The molecule has 4 heteroatoms. The van der Waals surface area contributed by atoms with Gasteiger partial charge in [-0.1, -0.05) is 6.07 Å². The smallest absolute Gasteiger partial charge is 0.128 e. The average molecular weight is 224 g/mol. The van der Waals surface area contributed by atoms with Crippen molar-refractivity contribution in [3.05, 3.63) is 23.9 Å². The summed E-state index contributed by atoms with van der Waals surface area (Å²) in [4.78, 5) is 6.32. The summed E-state index contributed by atoms with van der Waals surface area (Å²) in [6.45, 7) is 5.97. The SMILES string of the molecule is CCOCCN(C)c1ccc([C@@H](C)O)cn1. The lowest BCUT2D eigenvalue weighted by Gasteiger charge is -2.18. The van der Waals surface area contributed by atoms with Crippen LogP contribution < -0.4 is 4.90 Å². The molecule has 1 aromatic heterocycles. The fourth-order valence-electron chi connectivity index (χ4n) is 1.33. The summed E-state index contributed by atoms with van der Waals surface area (Å²) < 4.78 is 5.28. The molecule has 0 spiro atoms. The summed E-state index contributed by atoms with van der Waals surface area (Å²) in [6.07, 6.45) is 1.24. The van der Waals surface area contributed by atoms with Crippen LogP contribution in [0.2, 0.25) is 0 Å². The van der Waals surface area contributed by atoms with E-state index in [9.17, 15) is 5.11 Å². The van der Waals surface area contributed by atoms with Crippen molar-refractivity contribution in [1.82, 2.24) is 4.98 Å².